The van der Waals surface area contributed by atoms with Gasteiger partial charge in [-0.15, -0.1) is 0 Å². The van der Waals surface area contributed by atoms with Gasteiger partial charge in [-0.05, 0) is 12.8 Å². The molecule has 1 unspecified atom stereocenters. The van der Waals surface area contributed by atoms with Crippen molar-refractivity contribution in [3.63, 3.8) is 0 Å². The van der Waals surface area contributed by atoms with Crippen LogP contribution < -0.4 is 4.72 Å². The van der Waals surface area contributed by atoms with Gasteiger partial charge < -0.3 is 5.11 Å². The molecule has 1 saturated heterocycles. The third-order valence-electron chi connectivity index (χ3n) is 2.58. The van der Waals surface area contributed by atoms with E-state index in [2.05, 4.69) is 4.72 Å². The number of carbonyl (C=O) groups is 1. The van der Waals surface area contributed by atoms with E-state index in [9.17, 15) is 21.6 Å². The summed E-state index contributed by atoms with van der Waals surface area (Å²) in [5, 5.41) is 7.67. The third kappa shape index (κ3) is 4.60. The molecule has 0 aromatic heterocycles. The van der Waals surface area contributed by atoms with Crippen molar-refractivity contribution in [2.24, 2.45) is 0 Å². The van der Waals surface area contributed by atoms with Gasteiger partial charge in [0, 0.05) is 6.54 Å². The minimum Gasteiger partial charge on any atom is -0.481 e. The second-order valence-corrected chi connectivity index (χ2v) is 8.27. The number of sulfone groups is 1. The summed E-state index contributed by atoms with van der Waals surface area (Å²) in [7, 11) is -6.89. The van der Waals surface area contributed by atoms with E-state index in [-0.39, 0.29) is 12.3 Å². The van der Waals surface area contributed by atoms with Crippen molar-refractivity contribution in [1.82, 2.24) is 4.72 Å². The van der Waals surface area contributed by atoms with Gasteiger partial charge >= 0.3 is 5.97 Å². The summed E-state index contributed by atoms with van der Waals surface area (Å²) >= 11 is 0. The number of carboxylic acid groups (broad SMARTS) is 1. The van der Waals surface area contributed by atoms with Crippen LogP contribution in [0.5, 0.6) is 0 Å². The van der Waals surface area contributed by atoms with E-state index in [1.807, 2.05) is 0 Å². The number of hydrogen-bond donors (Lipinski definition) is 2. The van der Waals surface area contributed by atoms with Crippen LogP contribution in [0, 0.1) is 0 Å². The van der Waals surface area contributed by atoms with Gasteiger partial charge in [-0.3, -0.25) is 4.79 Å². The van der Waals surface area contributed by atoms with E-state index in [0.29, 0.717) is 12.8 Å². The summed E-state index contributed by atoms with van der Waals surface area (Å²) in [5.41, 5.74) is 0. The summed E-state index contributed by atoms with van der Waals surface area (Å²) < 4.78 is 47.6. The van der Waals surface area contributed by atoms with Crippen molar-refractivity contribution >= 4 is 25.8 Å². The lowest BCUT2D eigenvalue weighted by Crippen LogP contribution is -2.36. The van der Waals surface area contributed by atoms with Crippen LogP contribution in [0.15, 0.2) is 0 Å². The average Bonchev–Trinajstić information content (AvgIpc) is 2.52. The van der Waals surface area contributed by atoms with Gasteiger partial charge in [0.2, 0.25) is 10.0 Å². The lowest BCUT2D eigenvalue weighted by molar-refractivity contribution is -0.136. The predicted octanol–water partition coefficient (Wildman–Crippen LogP) is -1.04. The van der Waals surface area contributed by atoms with Gasteiger partial charge in [0.15, 0.2) is 9.84 Å². The van der Waals surface area contributed by atoms with E-state index in [0.717, 1.165) is 0 Å². The molecule has 100 valence electrons. The first-order chi connectivity index (χ1) is 7.73. The molecule has 17 heavy (non-hydrogen) atoms. The Hall–Kier alpha value is -0.670. The molecule has 1 rings (SSSR count). The van der Waals surface area contributed by atoms with Gasteiger partial charge in [-0.25, -0.2) is 21.6 Å². The molecule has 1 atom stereocenters. The zero-order chi connectivity index (χ0) is 13.1. The van der Waals surface area contributed by atoms with Crippen molar-refractivity contribution in [2.75, 3.05) is 18.1 Å². The van der Waals surface area contributed by atoms with Crippen molar-refractivity contribution in [3.05, 3.63) is 0 Å². The molecule has 0 bridgehead atoms. The number of nitrogens with one attached hydrogen (secondary N) is 1. The van der Waals surface area contributed by atoms with Crippen molar-refractivity contribution in [2.45, 2.75) is 24.5 Å². The van der Waals surface area contributed by atoms with Gasteiger partial charge in [0.25, 0.3) is 0 Å². The van der Waals surface area contributed by atoms with Gasteiger partial charge in [0.05, 0.1) is 23.2 Å². The van der Waals surface area contributed by atoms with Crippen LogP contribution in [-0.2, 0) is 24.7 Å². The van der Waals surface area contributed by atoms with Gasteiger partial charge in [-0.2, -0.15) is 0 Å². The molecular weight excluding hydrogens is 270 g/mol. The number of sulfonamides is 1. The molecule has 0 radical (unpaired) electrons. The van der Waals surface area contributed by atoms with Crippen LogP contribution >= 0.6 is 0 Å². The Labute approximate surface area is 100 Å². The monoisotopic (exact) mass is 285 g/mol. The van der Waals surface area contributed by atoms with Crippen LogP contribution in [0.3, 0.4) is 0 Å². The fraction of sp³-hybridized carbons (Fsp3) is 0.875. The lowest BCUT2D eigenvalue weighted by Gasteiger charge is -2.10. The highest BCUT2D eigenvalue weighted by Gasteiger charge is 2.31. The fourth-order valence-corrected chi connectivity index (χ4v) is 4.51. The van der Waals surface area contributed by atoms with Crippen LogP contribution in [0.25, 0.3) is 0 Å². The van der Waals surface area contributed by atoms with E-state index in [4.69, 9.17) is 5.11 Å². The molecule has 0 aromatic rings. The van der Waals surface area contributed by atoms with E-state index < -0.39 is 43.3 Å². The Morgan fingerprint density at radius 3 is 2.53 bits per heavy atom. The van der Waals surface area contributed by atoms with Crippen LogP contribution in [0.2, 0.25) is 0 Å². The van der Waals surface area contributed by atoms with Crippen molar-refractivity contribution < 1.29 is 26.7 Å². The molecule has 1 fully saturated rings. The summed E-state index contributed by atoms with van der Waals surface area (Å²) in [6, 6.07) is 0. The quantitative estimate of drug-likeness (QED) is 0.643. The summed E-state index contributed by atoms with van der Waals surface area (Å²) in [4.78, 5) is 10.2. The first-order valence-electron chi connectivity index (χ1n) is 5.14. The zero-order valence-electron chi connectivity index (χ0n) is 9.12. The fourth-order valence-electron chi connectivity index (χ4n) is 1.60. The second-order valence-electron chi connectivity index (χ2n) is 3.94. The molecule has 1 aliphatic heterocycles. The first kappa shape index (κ1) is 14.4. The highest BCUT2D eigenvalue weighted by atomic mass is 32.2. The highest BCUT2D eigenvalue weighted by Crippen LogP contribution is 2.19. The van der Waals surface area contributed by atoms with Crippen LogP contribution in [0.1, 0.15) is 19.3 Å². The second kappa shape index (κ2) is 5.32. The van der Waals surface area contributed by atoms with Crippen LogP contribution in [-0.4, -0.2) is 51.2 Å². The molecule has 1 aliphatic rings. The summed E-state index contributed by atoms with van der Waals surface area (Å²) in [5.74, 6) is -1.65. The summed E-state index contributed by atoms with van der Waals surface area (Å²) in [6.07, 6.45) is 0.500. The Morgan fingerprint density at radius 2 is 2.06 bits per heavy atom. The Morgan fingerprint density at radius 1 is 1.41 bits per heavy atom. The lowest BCUT2D eigenvalue weighted by atomic mass is 10.2. The number of aliphatic carboxylic acids is 1. The highest BCUT2D eigenvalue weighted by molar-refractivity contribution is 7.92. The first-order valence-corrected chi connectivity index (χ1v) is 8.50. The Bertz CT molecular complexity index is 480. The van der Waals surface area contributed by atoms with Gasteiger partial charge in [-0.1, -0.05) is 0 Å². The third-order valence-corrected chi connectivity index (χ3v) is 6.20. The predicted molar refractivity (Wildman–Crippen MR) is 60.9 cm³/mol. The topological polar surface area (TPSA) is 118 Å². The van der Waals surface area contributed by atoms with Gasteiger partial charge in [0.1, 0.15) is 0 Å². The molecule has 1 heterocycles. The Balaban J connectivity index is 2.47. The van der Waals surface area contributed by atoms with E-state index in [1.54, 1.807) is 0 Å². The zero-order valence-corrected chi connectivity index (χ0v) is 10.8. The standard InChI is InChI=1S/C8H15NO6S2/c10-8(11)3-5-17(14,15)9-6-7-2-1-4-16(7,12)13/h7,9H,1-6H2,(H,10,11). The minimum atomic E-state index is -3.71. The maximum absolute atomic E-state index is 11.4. The molecule has 0 saturated carbocycles. The number of rotatable bonds is 6. The number of carboxylic acids is 1. The Kier molecular flexibility index (Phi) is 4.50. The molecule has 7 nitrogen and oxygen atoms in total. The SMILES string of the molecule is O=C(O)CCS(=O)(=O)NCC1CCCS1(=O)=O. The normalized spacial score (nSPS) is 23.6. The maximum atomic E-state index is 11.4. The van der Waals surface area contributed by atoms with Crippen molar-refractivity contribution in [3.8, 4) is 0 Å². The molecular formula is C8H15NO6S2. The molecule has 0 amide bonds. The molecule has 9 heteroatoms. The largest absolute Gasteiger partial charge is 0.481 e. The smallest absolute Gasteiger partial charge is 0.304 e. The minimum absolute atomic E-state index is 0.0918. The molecule has 2 N–H and O–H groups in total. The maximum Gasteiger partial charge on any atom is 0.304 e. The average molecular weight is 285 g/mol. The van der Waals surface area contributed by atoms with E-state index >= 15 is 0 Å². The molecule has 0 aromatic carbocycles. The van der Waals surface area contributed by atoms with Crippen LogP contribution in [0.4, 0.5) is 0 Å². The van der Waals surface area contributed by atoms with E-state index in [1.165, 1.54) is 0 Å². The van der Waals surface area contributed by atoms with Crippen molar-refractivity contribution in [1.29, 1.82) is 0 Å². The molecule has 0 spiro atoms. The number of hydrogen-bond acceptors (Lipinski definition) is 5. The summed E-state index contributed by atoms with van der Waals surface area (Å²) in [6.45, 7) is -0.162. The molecule has 0 aliphatic carbocycles.